The molecule has 88 valence electrons. The molecule has 1 unspecified atom stereocenters. The van der Waals surface area contributed by atoms with Gasteiger partial charge in [-0.05, 0) is 12.5 Å². The molecule has 0 saturated carbocycles. The summed E-state index contributed by atoms with van der Waals surface area (Å²) in [6, 6.07) is 3.58. The van der Waals surface area contributed by atoms with Crippen molar-refractivity contribution in [3.63, 3.8) is 0 Å². The minimum Gasteiger partial charge on any atom is -0.480 e. The van der Waals surface area contributed by atoms with E-state index in [1.165, 1.54) is 24.3 Å². The molecule has 0 spiro atoms. The molecular weight excluding hydrogens is 226 g/mol. The van der Waals surface area contributed by atoms with Crippen molar-refractivity contribution in [2.45, 2.75) is 11.8 Å². The Morgan fingerprint density at radius 1 is 1.29 bits per heavy atom. The van der Waals surface area contributed by atoms with Crippen molar-refractivity contribution in [3.05, 3.63) is 59.7 Å². The highest BCUT2D eigenvalue weighted by Gasteiger charge is 2.40. The summed E-state index contributed by atoms with van der Waals surface area (Å²) in [4.78, 5) is 11.4. The van der Waals surface area contributed by atoms with Gasteiger partial charge in [0, 0.05) is 5.56 Å². The number of aliphatic carboxylic acids is 1. The normalized spacial score (nSPS) is 22.7. The first-order valence-electron chi connectivity index (χ1n) is 5.10. The monoisotopic (exact) mass is 236 g/mol. The first-order chi connectivity index (χ1) is 8.08. The third kappa shape index (κ3) is 1.75. The number of rotatable bonds is 2. The van der Waals surface area contributed by atoms with Gasteiger partial charge in [0.15, 0.2) is 11.6 Å². The Hall–Kier alpha value is -1.97. The smallest absolute Gasteiger partial charge is 0.318 e. The molecule has 0 fully saturated rings. The summed E-state index contributed by atoms with van der Waals surface area (Å²) in [7, 11) is 0. The second-order valence-electron chi connectivity index (χ2n) is 3.87. The Bertz CT molecular complexity index is 520. The predicted octanol–water partition coefficient (Wildman–Crippen LogP) is 2.80. The molecule has 4 heteroatoms. The van der Waals surface area contributed by atoms with Gasteiger partial charge in [-0.2, -0.15) is 0 Å². The highest BCUT2D eigenvalue weighted by atomic mass is 19.2. The molecule has 17 heavy (non-hydrogen) atoms. The van der Waals surface area contributed by atoms with E-state index in [1.54, 1.807) is 12.2 Å². The lowest BCUT2D eigenvalue weighted by Crippen LogP contribution is -2.35. The first kappa shape index (κ1) is 11.5. The summed E-state index contributed by atoms with van der Waals surface area (Å²) >= 11 is 0. The summed E-state index contributed by atoms with van der Waals surface area (Å²) in [6.07, 6.45) is 6.32. The van der Waals surface area contributed by atoms with Crippen molar-refractivity contribution in [1.82, 2.24) is 0 Å². The average Bonchev–Trinajstić information content (AvgIpc) is 2.33. The van der Waals surface area contributed by atoms with E-state index in [2.05, 4.69) is 0 Å². The molecule has 0 radical (unpaired) electrons. The second kappa shape index (κ2) is 4.13. The summed E-state index contributed by atoms with van der Waals surface area (Å²) in [5.74, 6) is -3.33. The van der Waals surface area contributed by atoms with Crippen molar-refractivity contribution in [2.24, 2.45) is 0 Å². The Morgan fingerprint density at radius 2 is 2.06 bits per heavy atom. The molecule has 0 aromatic heterocycles. The number of carboxylic acids is 1. The largest absolute Gasteiger partial charge is 0.480 e. The average molecular weight is 236 g/mol. The Kier molecular flexibility index (Phi) is 2.79. The maximum Gasteiger partial charge on any atom is 0.318 e. The van der Waals surface area contributed by atoms with Crippen molar-refractivity contribution < 1.29 is 18.7 Å². The van der Waals surface area contributed by atoms with Crippen LogP contribution in [0.15, 0.2) is 42.5 Å². The van der Waals surface area contributed by atoms with Crippen LogP contribution in [0.2, 0.25) is 0 Å². The van der Waals surface area contributed by atoms with Gasteiger partial charge in [-0.25, -0.2) is 8.78 Å². The van der Waals surface area contributed by atoms with E-state index in [1.807, 2.05) is 0 Å². The van der Waals surface area contributed by atoms with Gasteiger partial charge in [0.1, 0.15) is 5.41 Å². The van der Waals surface area contributed by atoms with Crippen molar-refractivity contribution >= 4 is 5.97 Å². The van der Waals surface area contributed by atoms with E-state index in [4.69, 9.17) is 0 Å². The van der Waals surface area contributed by atoms with Gasteiger partial charge in [0.2, 0.25) is 0 Å². The molecular formula is C13H10F2O2. The number of allylic oxidation sites excluding steroid dienone is 3. The van der Waals surface area contributed by atoms with Crippen LogP contribution >= 0.6 is 0 Å². The number of hydrogen-bond donors (Lipinski definition) is 1. The molecule has 1 N–H and O–H groups in total. The molecule has 1 aromatic rings. The minimum absolute atomic E-state index is 0.110. The molecule has 0 aliphatic heterocycles. The fourth-order valence-corrected chi connectivity index (χ4v) is 1.94. The summed E-state index contributed by atoms with van der Waals surface area (Å²) in [5.41, 5.74) is -1.66. The van der Waals surface area contributed by atoms with Crippen molar-refractivity contribution in [1.29, 1.82) is 0 Å². The molecule has 2 rings (SSSR count). The number of carbonyl (C=O) groups is 1. The lowest BCUT2D eigenvalue weighted by atomic mass is 9.75. The summed E-state index contributed by atoms with van der Waals surface area (Å²) < 4.78 is 26.9. The molecule has 0 bridgehead atoms. The highest BCUT2D eigenvalue weighted by Crippen LogP contribution is 2.35. The van der Waals surface area contributed by atoms with Crippen LogP contribution in [0.4, 0.5) is 8.78 Å². The topological polar surface area (TPSA) is 37.3 Å². The Morgan fingerprint density at radius 3 is 2.65 bits per heavy atom. The van der Waals surface area contributed by atoms with Crippen LogP contribution < -0.4 is 0 Å². The first-order valence-corrected chi connectivity index (χ1v) is 5.10. The fraction of sp³-hybridized carbons (Fsp3) is 0.154. The van der Waals surface area contributed by atoms with E-state index in [-0.39, 0.29) is 12.0 Å². The van der Waals surface area contributed by atoms with Gasteiger partial charge >= 0.3 is 5.97 Å². The SMILES string of the molecule is O=C(O)C1(c2cccc(F)c2F)C=CC=CC1. The van der Waals surface area contributed by atoms with E-state index >= 15 is 0 Å². The lowest BCUT2D eigenvalue weighted by Gasteiger charge is -2.27. The zero-order valence-corrected chi connectivity index (χ0v) is 8.86. The zero-order valence-electron chi connectivity index (χ0n) is 8.86. The standard InChI is InChI=1S/C13H10F2O2/c14-10-6-4-5-9(11(10)15)13(12(16)17)7-2-1-3-8-13/h1-7H,8H2,(H,16,17). The lowest BCUT2D eigenvalue weighted by molar-refractivity contribution is -0.142. The van der Waals surface area contributed by atoms with Crippen LogP contribution in [0, 0.1) is 11.6 Å². The molecule has 1 atom stereocenters. The molecule has 0 amide bonds. The van der Waals surface area contributed by atoms with Gasteiger partial charge < -0.3 is 5.11 Å². The van der Waals surface area contributed by atoms with Crippen molar-refractivity contribution in [3.8, 4) is 0 Å². The minimum atomic E-state index is -1.51. The molecule has 0 saturated heterocycles. The number of hydrogen-bond acceptors (Lipinski definition) is 1. The summed E-state index contributed by atoms with van der Waals surface area (Å²) in [6.45, 7) is 0. The van der Waals surface area contributed by atoms with Crippen LogP contribution in [0.1, 0.15) is 12.0 Å². The zero-order chi connectivity index (χ0) is 12.5. The van der Waals surface area contributed by atoms with Crippen LogP contribution in [-0.2, 0) is 10.2 Å². The quantitative estimate of drug-likeness (QED) is 0.857. The maximum absolute atomic E-state index is 13.7. The summed E-state index contributed by atoms with van der Waals surface area (Å²) in [5, 5.41) is 9.28. The molecule has 0 heterocycles. The van der Waals surface area contributed by atoms with Crippen LogP contribution in [0.25, 0.3) is 0 Å². The van der Waals surface area contributed by atoms with Crippen molar-refractivity contribution in [2.75, 3.05) is 0 Å². The van der Waals surface area contributed by atoms with E-state index in [0.717, 1.165) is 6.07 Å². The second-order valence-corrected chi connectivity index (χ2v) is 3.87. The van der Waals surface area contributed by atoms with E-state index in [0.29, 0.717) is 0 Å². The Labute approximate surface area is 96.9 Å². The Balaban J connectivity index is 2.62. The van der Waals surface area contributed by atoms with Crippen LogP contribution in [0.3, 0.4) is 0 Å². The fourth-order valence-electron chi connectivity index (χ4n) is 1.94. The third-order valence-electron chi connectivity index (χ3n) is 2.88. The van der Waals surface area contributed by atoms with Gasteiger partial charge in [-0.1, -0.05) is 36.4 Å². The van der Waals surface area contributed by atoms with Gasteiger partial charge in [0.25, 0.3) is 0 Å². The van der Waals surface area contributed by atoms with Gasteiger partial charge in [-0.15, -0.1) is 0 Å². The molecule has 2 nitrogen and oxygen atoms in total. The molecule has 1 aliphatic rings. The van der Waals surface area contributed by atoms with Gasteiger partial charge in [-0.3, -0.25) is 4.79 Å². The molecule has 1 aromatic carbocycles. The van der Waals surface area contributed by atoms with E-state index < -0.39 is 23.0 Å². The number of benzene rings is 1. The number of carboxylic acid groups (broad SMARTS) is 1. The third-order valence-corrected chi connectivity index (χ3v) is 2.88. The van der Waals surface area contributed by atoms with Crippen LogP contribution in [0.5, 0.6) is 0 Å². The maximum atomic E-state index is 13.7. The van der Waals surface area contributed by atoms with E-state index in [9.17, 15) is 18.7 Å². The predicted molar refractivity (Wildman–Crippen MR) is 58.6 cm³/mol. The number of halogens is 2. The highest BCUT2D eigenvalue weighted by molar-refractivity contribution is 5.85. The molecule has 1 aliphatic carbocycles. The van der Waals surface area contributed by atoms with Crippen LogP contribution in [-0.4, -0.2) is 11.1 Å². The van der Waals surface area contributed by atoms with Gasteiger partial charge in [0.05, 0.1) is 0 Å².